The SMILES string of the molecule is CCN(CCCS(=O)(=O)[O-])c1ccc2nc3ccc(=[N+](C)CCC(=O)ON4C(=O)CCC4=O)cc-3oc2c1. The van der Waals surface area contributed by atoms with Crippen LogP contribution in [0, 0.1) is 0 Å². The molecule has 0 bridgehead atoms. The molecule has 1 saturated heterocycles. The van der Waals surface area contributed by atoms with E-state index in [2.05, 4.69) is 4.98 Å². The molecule has 0 saturated carbocycles. The molecule has 0 N–H and O–H groups in total. The Kier molecular flexibility index (Phi) is 8.07. The van der Waals surface area contributed by atoms with Gasteiger partial charge in [0.05, 0.1) is 16.2 Å². The van der Waals surface area contributed by atoms with Gasteiger partial charge in [-0.1, -0.05) is 0 Å². The molecule has 2 aliphatic heterocycles. The molecule has 0 aromatic heterocycles. The number of imide groups is 1. The van der Waals surface area contributed by atoms with Crippen molar-refractivity contribution in [3.05, 3.63) is 41.8 Å². The van der Waals surface area contributed by atoms with Gasteiger partial charge in [-0.25, -0.2) is 22.8 Å². The Morgan fingerprint density at radius 2 is 1.92 bits per heavy atom. The Balaban J connectivity index is 1.52. The van der Waals surface area contributed by atoms with E-state index in [0.717, 1.165) is 11.0 Å². The van der Waals surface area contributed by atoms with E-state index in [1.165, 1.54) is 0 Å². The molecule has 1 fully saturated rings. The van der Waals surface area contributed by atoms with Gasteiger partial charge in [-0.15, -0.1) is 5.06 Å². The molecule has 1 aliphatic carbocycles. The molecule has 4 rings (SSSR count). The average molecular weight is 545 g/mol. The fourth-order valence-electron chi connectivity index (χ4n) is 4.13. The number of fused-ring (bicyclic) bond motifs is 2. The minimum atomic E-state index is -4.26. The number of carbonyl (C=O) groups is 3. The molecule has 3 aliphatic rings. The lowest BCUT2D eigenvalue weighted by Crippen LogP contribution is -2.34. The lowest BCUT2D eigenvalue weighted by molar-refractivity contribution is -0.197. The summed E-state index contributed by atoms with van der Waals surface area (Å²) >= 11 is 0. The normalized spacial score (nSPS) is 14.9. The fourth-order valence-corrected chi connectivity index (χ4v) is 4.61. The van der Waals surface area contributed by atoms with Crippen molar-refractivity contribution >= 4 is 44.7 Å². The summed E-state index contributed by atoms with van der Waals surface area (Å²) in [6.45, 7) is 3.23. The summed E-state index contributed by atoms with van der Waals surface area (Å²) < 4.78 is 40.7. The van der Waals surface area contributed by atoms with E-state index in [-0.39, 0.29) is 32.2 Å². The van der Waals surface area contributed by atoms with Crippen molar-refractivity contribution in [2.75, 3.05) is 37.3 Å². The van der Waals surface area contributed by atoms with E-state index in [0.29, 0.717) is 40.7 Å². The van der Waals surface area contributed by atoms with Crippen molar-refractivity contribution in [2.45, 2.75) is 32.6 Å². The van der Waals surface area contributed by atoms with Crippen molar-refractivity contribution in [1.29, 1.82) is 0 Å². The Labute approximate surface area is 219 Å². The molecule has 1 aromatic rings. The minimum absolute atomic E-state index is 0.0391. The third-order valence-corrected chi connectivity index (χ3v) is 7.00. The van der Waals surface area contributed by atoms with Gasteiger partial charge < -0.3 is 18.7 Å². The first-order valence-electron chi connectivity index (χ1n) is 12.2. The number of rotatable bonds is 10. The maximum atomic E-state index is 12.1. The number of hydroxylamine groups is 2. The Bertz CT molecular complexity index is 1520. The number of benzene rings is 2. The molecular formula is C25H28N4O8S. The predicted molar refractivity (Wildman–Crippen MR) is 136 cm³/mol. The Morgan fingerprint density at radius 3 is 2.61 bits per heavy atom. The zero-order valence-corrected chi connectivity index (χ0v) is 21.9. The van der Waals surface area contributed by atoms with Crippen LogP contribution in [0.4, 0.5) is 5.69 Å². The zero-order chi connectivity index (χ0) is 27.4. The van der Waals surface area contributed by atoms with E-state index >= 15 is 0 Å². The second kappa shape index (κ2) is 11.3. The van der Waals surface area contributed by atoms with Gasteiger partial charge in [0.25, 0.3) is 11.8 Å². The van der Waals surface area contributed by atoms with Gasteiger partial charge in [0.2, 0.25) is 5.36 Å². The molecule has 0 unspecified atom stereocenters. The number of carbonyl (C=O) groups excluding carboxylic acids is 3. The highest BCUT2D eigenvalue weighted by Gasteiger charge is 2.32. The first-order chi connectivity index (χ1) is 18.0. The lowest BCUT2D eigenvalue weighted by atomic mass is 10.2. The highest BCUT2D eigenvalue weighted by atomic mass is 32.2. The number of anilines is 1. The van der Waals surface area contributed by atoms with Gasteiger partial charge in [-0.3, -0.25) is 9.59 Å². The first-order valence-corrected chi connectivity index (χ1v) is 13.8. The van der Waals surface area contributed by atoms with E-state index in [9.17, 15) is 27.4 Å². The summed E-state index contributed by atoms with van der Waals surface area (Å²) in [7, 11) is -2.48. The predicted octanol–water partition coefficient (Wildman–Crippen LogP) is 1.09. The van der Waals surface area contributed by atoms with Gasteiger partial charge in [0, 0.05) is 49.5 Å². The molecule has 12 nitrogen and oxygen atoms in total. The number of amides is 2. The van der Waals surface area contributed by atoms with Crippen LogP contribution in [0.2, 0.25) is 0 Å². The van der Waals surface area contributed by atoms with Gasteiger partial charge in [0.15, 0.2) is 17.9 Å². The van der Waals surface area contributed by atoms with E-state index in [1.807, 2.05) is 40.7 Å². The molecule has 0 radical (unpaired) electrons. The zero-order valence-electron chi connectivity index (χ0n) is 21.1. The first kappa shape index (κ1) is 27.2. The van der Waals surface area contributed by atoms with Gasteiger partial charge in [-0.2, -0.15) is 0 Å². The summed E-state index contributed by atoms with van der Waals surface area (Å²) in [6, 6.07) is 11.0. The van der Waals surface area contributed by atoms with Crippen LogP contribution in [0.25, 0.3) is 22.6 Å². The summed E-state index contributed by atoms with van der Waals surface area (Å²) in [5.41, 5.74) is 2.64. The monoisotopic (exact) mass is 544 g/mol. The van der Waals surface area contributed by atoms with E-state index < -0.39 is 33.7 Å². The highest BCUT2D eigenvalue weighted by molar-refractivity contribution is 7.85. The van der Waals surface area contributed by atoms with Crippen LogP contribution in [0.5, 0.6) is 0 Å². The van der Waals surface area contributed by atoms with Crippen molar-refractivity contribution in [2.24, 2.45) is 0 Å². The molecule has 13 heteroatoms. The van der Waals surface area contributed by atoms with Gasteiger partial charge in [-0.05, 0) is 31.5 Å². The number of aromatic nitrogens is 1. The molecular weight excluding hydrogens is 516 g/mol. The molecule has 2 heterocycles. The lowest BCUT2D eigenvalue weighted by Gasteiger charge is -2.23. The summed E-state index contributed by atoms with van der Waals surface area (Å²) in [6.07, 6.45) is 0.263. The topological polar surface area (TPSA) is 153 Å². The third-order valence-electron chi connectivity index (χ3n) is 6.21. The van der Waals surface area contributed by atoms with Crippen LogP contribution in [-0.4, -0.2) is 73.2 Å². The largest absolute Gasteiger partial charge is 0.748 e. The van der Waals surface area contributed by atoms with Gasteiger partial charge in [0.1, 0.15) is 24.7 Å². The molecule has 0 spiro atoms. The summed E-state index contributed by atoms with van der Waals surface area (Å²) in [5, 5.41) is 1.29. The number of hydrogen-bond acceptors (Lipinski definition) is 10. The van der Waals surface area contributed by atoms with Crippen molar-refractivity contribution in [3.8, 4) is 11.5 Å². The van der Waals surface area contributed by atoms with Crippen LogP contribution in [0.15, 0.2) is 40.8 Å². The second-order valence-electron chi connectivity index (χ2n) is 8.93. The fraction of sp³-hybridized carbons (Fsp3) is 0.400. The Morgan fingerprint density at radius 1 is 1.18 bits per heavy atom. The number of hydrogen-bond donors (Lipinski definition) is 0. The van der Waals surface area contributed by atoms with Crippen molar-refractivity contribution < 1.29 is 36.6 Å². The van der Waals surface area contributed by atoms with Crippen LogP contribution in [-0.2, 0) is 29.3 Å². The summed E-state index contributed by atoms with van der Waals surface area (Å²) in [4.78, 5) is 46.9. The maximum absolute atomic E-state index is 12.1. The van der Waals surface area contributed by atoms with E-state index in [1.54, 1.807) is 19.2 Å². The van der Waals surface area contributed by atoms with E-state index in [4.69, 9.17) is 9.25 Å². The molecule has 202 valence electrons. The quantitative estimate of drug-likeness (QED) is 0.157. The van der Waals surface area contributed by atoms with Gasteiger partial charge >= 0.3 is 5.97 Å². The molecule has 38 heavy (non-hydrogen) atoms. The summed E-state index contributed by atoms with van der Waals surface area (Å²) in [5.74, 6) is -1.62. The highest BCUT2D eigenvalue weighted by Crippen LogP contribution is 2.27. The average Bonchev–Trinajstić information content (AvgIpc) is 3.19. The van der Waals surface area contributed by atoms with Crippen LogP contribution in [0.1, 0.15) is 32.6 Å². The molecule has 2 amide bonds. The smallest absolute Gasteiger partial charge is 0.339 e. The standard InChI is InChI=1S/C25H28N4O8S/c1-3-28(12-4-14-38(33,34)35)18-6-8-20-22(16-18)36-21-15-17(5-7-19(21)26-20)27(2)13-11-25(32)37-29-23(30)9-10-24(29)31/h5-8,15-16H,3-4,9-14H2,1-2H3. The molecule has 0 atom stereocenters. The Hall–Kier alpha value is -3.84. The number of nitrogens with zero attached hydrogens (tertiary/aromatic N) is 4. The van der Waals surface area contributed by atoms with Crippen molar-refractivity contribution in [3.63, 3.8) is 0 Å². The second-order valence-corrected chi connectivity index (χ2v) is 10.5. The molecule has 1 aromatic carbocycles. The third kappa shape index (κ3) is 6.53. The van der Waals surface area contributed by atoms with Crippen molar-refractivity contribution in [1.82, 2.24) is 14.6 Å². The van der Waals surface area contributed by atoms with Crippen LogP contribution < -0.4 is 14.8 Å². The minimum Gasteiger partial charge on any atom is -0.748 e. The maximum Gasteiger partial charge on any atom is 0.339 e. The van der Waals surface area contributed by atoms with Crippen LogP contribution in [0.3, 0.4) is 0 Å². The van der Waals surface area contributed by atoms with Crippen LogP contribution >= 0.6 is 0 Å².